The lowest BCUT2D eigenvalue weighted by Crippen LogP contribution is -2.14. The van der Waals surface area contributed by atoms with Crippen molar-refractivity contribution in [2.75, 3.05) is 14.2 Å². The summed E-state index contributed by atoms with van der Waals surface area (Å²) in [7, 11) is 2.86. The Morgan fingerprint density at radius 1 is 1.44 bits per heavy atom. The normalized spacial score (nSPS) is 12.1. The summed E-state index contributed by atoms with van der Waals surface area (Å²) in [6, 6.07) is 1.75. The zero-order chi connectivity index (χ0) is 13.9. The highest BCUT2D eigenvalue weighted by Crippen LogP contribution is 2.42. The number of aliphatic hydroxyl groups excluding tert-OH is 1. The average Bonchev–Trinajstić information content (AvgIpc) is 2.36. The predicted molar refractivity (Wildman–Crippen MR) is 69.2 cm³/mol. The topological polar surface area (TPSA) is 76.0 Å². The molecule has 0 fully saturated rings. The standard InChI is InChI=1S/C12H15BrO5/c1-4-6-5-7(17-2)11(18-3)8(9(6)13)10(14)12(15)16/h5,10,14H,4H2,1-3H3,(H,15,16). The van der Waals surface area contributed by atoms with Gasteiger partial charge < -0.3 is 19.7 Å². The number of carboxylic acids is 1. The molecule has 0 aromatic heterocycles. The second kappa shape index (κ2) is 6.06. The van der Waals surface area contributed by atoms with Crippen molar-refractivity contribution >= 4 is 21.9 Å². The first-order valence-corrected chi connectivity index (χ1v) is 6.11. The Morgan fingerprint density at radius 3 is 2.44 bits per heavy atom. The Hall–Kier alpha value is -1.27. The first kappa shape index (κ1) is 14.8. The van der Waals surface area contributed by atoms with Gasteiger partial charge in [-0.1, -0.05) is 6.92 Å². The second-order valence-corrected chi connectivity index (χ2v) is 4.39. The molecule has 6 heteroatoms. The Kier molecular flexibility index (Phi) is 4.98. The molecule has 18 heavy (non-hydrogen) atoms. The van der Waals surface area contributed by atoms with Crippen LogP contribution in [0, 0.1) is 0 Å². The molecular formula is C12H15BrO5. The van der Waals surface area contributed by atoms with Crippen LogP contribution in [-0.4, -0.2) is 30.4 Å². The van der Waals surface area contributed by atoms with Gasteiger partial charge in [0.2, 0.25) is 0 Å². The third kappa shape index (κ3) is 2.59. The smallest absolute Gasteiger partial charge is 0.337 e. The molecule has 1 aromatic rings. The quantitative estimate of drug-likeness (QED) is 0.870. The zero-order valence-electron chi connectivity index (χ0n) is 10.4. The van der Waals surface area contributed by atoms with Crippen LogP contribution in [0.25, 0.3) is 0 Å². The SMILES string of the molecule is CCc1cc(OC)c(OC)c(C(O)C(=O)O)c1Br. The van der Waals surface area contributed by atoms with Gasteiger partial charge in [-0.2, -0.15) is 0 Å². The fraction of sp³-hybridized carbons (Fsp3) is 0.417. The van der Waals surface area contributed by atoms with E-state index < -0.39 is 12.1 Å². The number of aliphatic hydroxyl groups is 1. The van der Waals surface area contributed by atoms with E-state index in [-0.39, 0.29) is 11.3 Å². The number of ether oxygens (including phenoxy) is 2. The van der Waals surface area contributed by atoms with Gasteiger partial charge in [-0.3, -0.25) is 0 Å². The van der Waals surface area contributed by atoms with Gasteiger partial charge in [0.15, 0.2) is 17.6 Å². The number of aliphatic carboxylic acids is 1. The van der Waals surface area contributed by atoms with Gasteiger partial charge in [0.25, 0.3) is 0 Å². The van der Waals surface area contributed by atoms with Crippen LogP contribution >= 0.6 is 15.9 Å². The number of benzene rings is 1. The molecule has 0 bridgehead atoms. The molecular weight excluding hydrogens is 304 g/mol. The summed E-state index contributed by atoms with van der Waals surface area (Å²) in [6.07, 6.45) is -1.00. The average molecular weight is 319 g/mol. The molecule has 0 saturated heterocycles. The minimum Gasteiger partial charge on any atom is -0.493 e. The lowest BCUT2D eigenvalue weighted by Gasteiger charge is -2.19. The Labute approximate surface area is 113 Å². The summed E-state index contributed by atoms with van der Waals surface area (Å²) in [6.45, 7) is 1.92. The molecule has 1 unspecified atom stereocenters. The lowest BCUT2D eigenvalue weighted by molar-refractivity contribution is -0.147. The van der Waals surface area contributed by atoms with Gasteiger partial charge in [0.05, 0.1) is 19.8 Å². The number of hydrogen-bond acceptors (Lipinski definition) is 4. The molecule has 0 saturated carbocycles. The molecule has 1 aromatic carbocycles. The van der Waals surface area contributed by atoms with E-state index in [2.05, 4.69) is 15.9 Å². The van der Waals surface area contributed by atoms with Crippen molar-refractivity contribution in [1.29, 1.82) is 0 Å². The number of aryl methyl sites for hydroxylation is 1. The Balaban J connectivity index is 3.57. The van der Waals surface area contributed by atoms with Crippen molar-refractivity contribution in [3.05, 3.63) is 21.7 Å². The molecule has 1 rings (SSSR count). The summed E-state index contributed by atoms with van der Waals surface area (Å²) in [5, 5.41) is 18.7. The first-order chi connectivity index (χ1) is 8.47. The minimum atomic E-state index is -1.67. The highest BCUT2D eigenvalue weighted by Gasteiger charge is 2.27. The highest BCUT2D eigenvalue weighted by molar-refractivity contribution is 9.10. The summed E-state index contributed by atoms with van der Waals surface area (Å²) in [5.41, 5.74) is 1.00. The molecule has 0 amide bonds. The van der Waals surface area contributed by atoms with Crippen LogP contribution in [0.2, 0.25) is 0 Å². The van der Waals surface area contributed by atoms with Crippen LogP contribution in [0.4, 0.5) is 0 Å². The molecule has 100 valence electrons. The van der Waals surface area contributed by atoms with Crippen molar-refractivity contribution in [2.45, 2.75) is 19.4 Å². The van der Waals surface area contributed by atoms with E-state index in [0.29, 0.717) is 16.6 Å². The predicted octanol–water partition coefficient (Wildman–Crippen LogP) is 2.15. The molecule has 0 spiro atoms. The maximum atomic E-state index is 11.0. The van der Waals surface area contributed by atoms with E-state index in [1.807, 2.05) is 6.92 Å². The van der Waals surface area contributed by atoms with Crippen molar-refractivity contribution in [3.8, 4) is 11.5 Å². The van der Waals surface area contributed by atoms with Crippen LogP contribution < -0.4 is 9.47 Å². The van der Waals surface area contributed by atoms with Gasteiger partial charge in [-0.25, -0.2) is 4.79 Å². The van der Waals surface area contributed by atoms with Crippen molar-refractivity contribution < 1.29 is 24.5 Å². The van der Waals surface area contributed by atoms with E-state index in [4.69, 9.17) is 14.6 Å². The van der Waals surface area contributed by atoms with Crippen LogP contribution in [0.1, 0.15) is 24.2 Å². The van der Waals surface area contributed by atoms with Crippen molar-refractivity contribution in [1.82, 2.24) is 0 Å². The summed E-state index contributed by atoms with van der Waals surface area (Å²) in [4.78, 5) is 11.0. The minimum absolute atomic E-state index is 0.168. The van der Waals surface area contributed by atoms with Crippen LogP contribution in [0.15, 0.2) is 10.5 Å². The molecule has 5 nitrogen and oxygen atoms in total. The van der Waals surface area contributed by atoms with Gasteiger partial charge in [0.1, 0.15) is 0 Å². The molecule has 1 atom stereocenters. The molecule has 0 aliphatic heterocycles. The Morgan fingerprint density at radius 2 is 2.06 bits per heavy atom. The van der Waals surface area contributed by atoms with Crippen LogP contribution in [0.3, 0.4) is 0 Å². The molecule has 0 aliphatic rings. The third-order valence-corrected chi connectivity index (χ3v) is 3.54. The number of halogens is 1. The Bertz CT molecular complexity index is 458. The number of methoxy groups -OCH3 is 2. The van der Waals surface area contributed by atoms with E-state index in [1.54, 1.807) is 6.07 Å². The van der Waals surface area contributed by atoms with Crippen LogP contribution in [-0.2, 0) is 11.2 Å². The monoisotopic (exact) mass is 318 g/mol. The van der Waals surface area contributed by atoms with E-state index in [0.717, 1.165) is 5.56 Å². The van der Waals surface area contributed by atoms with E-state index in [9.17, 15) is 9.90 Å². The van der Waals surface area contributed by atoms with Gasteiger partial charge in [-0.15, -0.1) is 0 Å². The first-order valence-electron chi connectivity index (χ1n) is 5.32. The van der Waals surface area contributed by atoms with Gasteiger partial charge in [0, 0.05) is 4.47 Å². The van der Waals surface area contributed by atoms with Crippen molar-refractivity contribution in [2.24, 2.45) is 0 Å². The van der Waals surface area contributed by atoms with E-state index >= 15 is 0 Å². The highest BCUT2D eigenvalue weighted by atomic mass is 79.9. The van der Waals surface area contributed by atoms with Crippen molar-refractivity contribution in [3.63, 3.8) is 0 Å². The molecule has 0 heterocycles. The van der Waals surface area contributed by atoms with Crippen LogP contribution in [0.5, 0.6) is 11.5 Å². The zero-order valence-corrected chi connectivity index (χ0v) is 11.9. The summed E-state index contributed by atoms with van der Waals surface area (Å²) < 4.78 is 10.8. The summed E-state index contributed by atoms with van der Waals surface area (Å²) in [5.74, 6) is -0.728. The number of carbonyl (C=O) groups is 1. The lowest BCUT2D eigenvalue weighted by atomic mass is 10.0. The maximum Gasteiger partial charge on any atom is 0.337 e. The molecule has 2 N–H and O–H groups in total. The van der Waals surface area contributed by atoms with E-state index in [1.165, 1.54) is 14.2 Å². The fourth-order valence-electron chi connectivity index (χ4n) is 1.68. The van der Waals surface area contributed by atoms with Gasteiger partial charge >= 0.3 is 5.97 Å². The fourth-order valence-corrected chi connectivity index (χ4v) is 2.47. The number of rotatable bonds is 5. The van der Waals surface area contributed by atoms with Gasteiger partial charge in [-0.05, 0) is 34.0 Å². The number of hydrogen-bond donors (Lipinski definition) is 2. The summed E-state index contributed by atoms with van der Waals surface area (Å²) >= 11 is 3.31. The third-order valence-electron chi connectivity index (χ3n) is 2.60. The molecule has 0 radical (unpaired) electrons. The number of carboxylic acid groups (broad SMARTS) is 1. The maximum absolute atomic E-state index is 11.0. The second-order valence-electron chi connectivity index (χ2n) is 3.59. The largest absolute Gasteiger partial charge is 0.493 e. The molecule has 0 aliphatic carbocycles.